The summed E-state index contributed by atoms with van der Waals surface area (Å²) in [4.78, 5) is 10.9. The molecule has 0 bridgehead atoms. The summed E-state index contributed by atoms with van der Waals surface area (Å²) >= 11 is 0. The van der Waals surface area contributed by atoms with E-state index in [9.17, 15) is 4.79 Å². The number of carboxylic acid groups (broad SMARTS) is 1. The molecule has 0 atom stereocenters. The molecule has 1 aliphatic rings. The monoisotopic (exact) mass is 193 g/mol. The lowest BCUT2D eigenvalue weighted by Gasteiger charge is -2.38. The normalized spacial score (nSPS) is 18.3. The number of hydrogen-bond donors (Lipinski definition) is 2. The molecule has 4 heteroatoms. The Morgan fingerprint density at radius 1 is 1.36 bits per heavy atom. The van der Waals surface area contributed by atoms with Gasteiger partial charge in [-0.3, -0.25) is 0 Å². The lowest BCUT2D eigenvalue weighted by molar-refractivity contribution is -0.159. The van der Waals surface area contributed by atoms with Crippen LogP contribution in [0.5, 0.6) is 5.75 Å². The van der Waals surface area contributed by atoms with Gasteiger partial charge in [-0.15, -0.1) is 0 Å². The molecule has 4 nitrogen and oxygen atoms in total. The SMILES string of the molecule is O=C(O)C1(Oc2ccccc2)CNC1. The maximum atomic E-state index is 10.9. The van der Waals surface area contributed by atoms with Crippen LogP contribution in [-0.2, 0) is 4.79 Å². The summed E-state index contributed by atoms with van der Waals surface area (Å²) in [7, 11) is 0. The zero-order valence-electron chi connectivity index (χ0n) is 7.56. The van der Waals surface area contributed by atoms with Crippen LogP contribution >= 0.6 is 0 Å². The highest BCUT2D eigenvalue weighted by atomic mass is 16.5. The number of carbonyl (C=O) groups is 1. The third kappa shape index (κ3) is 1.44. The molecule has 1 saturated heterocycles. The van der Waals surface area contributed by atoms with Crippen molar-refractivity contribution in [3.8, 4) is 5.75 Å². The molecule has 1 aromatic rings. The maximum absolute atomic E-state index is 10.9. The topological polar surface area (TPSA) is 58.6 Å². The van der Waals surface area contributed by atoms with Crippen LogP contribution in [-0.4, -0.2) is 29.8 Å². The first-order valence-corrected chi connectivity index (χ1v) is 4.41. The Bertz CT molecular complexity index is 332. The van der Waals surface area contributed by atoms with Gasteiger partial charge < -0.3 is 15.2 Å². The van der Waals surface area contributed by atoms with Gasteiger partial charge in [0, 0.05) is 13.1 Å². The minimum absolute atomic E-state index is 0.358. The average Bonchev–Trinajstić information content (AvgIpc) is 2.12. The van der Waals surface area contributed by atoms with E-state index in [2.05, 4.69) is 5.32 Å². The molecule has 74 valence electrons. The fourth-order valence-electron chi connectivity index (χ4n) is 1.33. The minimum atomic E-state index is -1.07. The number of carboxylic acids is 1. The molecule has 0 aromatic heterocycles. The molecular formula is C10H11NO3. The third-order valence-electron chi connectivity index (χ3n) is 2.27. The van der Waals surface area contributed by atoms with Crippen molar-refractivity contribution < 1.29 is 14.6 Å². The highest BCUT2D eigenvalue weighted by Gasteiger charge is 2.47. The number of para-hydroxylation sites is 1. The smallest absolute Gasteiger partial charge is 0.350 e. The molecule has 1 aliphatic heterocycles. The molecule has 1 fully saturated rings. The van der Waals surface area contributed by atoms with Crippen LogP contribution in [0.3, 0.4) is 0 Å². The van der Waals surface area contributed by atoms with E-state index in [4.69, 9.17) is 9.84 Å². The van der Waals surface area contributed by atoms with Gasteiger partial charge in [0.25, 0.3) is 0 Å². The maximum Gasteiger partial charge on any atom is 0.350 e. The Morgan fingerprint density at radius 2 is 2.00 bits per heavy atom. The van der Waals surface area contributed by atoms with Crippen LogP contribution in [0.4, 0.5) is 0 Å². The van der Waals surface area contributed by atoms with E-state index in [0.29, 0.717) is 18.8 Å². The molecule has 0 spiro atoms. The Morgan fingerprint density at radius 3 is 2.43 bits per heavy atom. The van der Waals surface area contributed by atoms with E-state index < -0.39 is 11.6 Å². The number of benzene rings is 1. The van der Waals surface area contributed by atoms with Gasteiger partial charge in [-0.05, 0) is 12.1 Å². The van der Waals surface area contributed by atoms with E-state index in [1.165, 1.54) is 0 Å². The molecule has 0 radical (unpaired) electrons. The molecule has 0 amide bonds. The first-order chi connectivity index (χ1) is 6.73. The van der Waals surface area contributed by atoms with Crippen LogP contribution in [0.15, 0.2) is 30.3 Å². The molecule has 1 aromatic carbocycles. The van der Waals surface area contributed by atoms with E-state index in [0.717, 1.165) is 0 Å². The van der Waals surface area contributed by atoms with Crippen molar-refractivity contribution in [3.63, 3.8) is 0 Å². The number of rotatable bonds is 3. The van der Waals surface area contributed by atoms with Crippen molar-refractivity contribution in [2.75, 3.05) is 13.1 Å². The Labute approximate surface area is 81.5 Å². The quantitative estimate of drug-likeness (QED) is 0.733. The van der Waals surface area contributed by atoms with Crippen molar-refractivity contribution >= 4 is 5.97 Å². The molecule has 0 aliphatic carbocycles. The van der Waals surface area contributed by atoms with Gasteiger partial charge in [0.1, 0.15) is 5.75 Å². The number of aliphatic carboxylic acids is 1. The first kappa shape index (κ1) is 9.02. The van der Waals surface area contributed by atoms with Gasteiger partial charge in [0.15, 0.2) is 0 Å². The average molecular weight is 193 g/mol. The molecular weight excluding hydrogens is 182 g/mol. The molecule has 2 rings (SSSR count). The zero-order chi connectivity index (χ0) is 10.0. The highest BCUT2D eigenvalue weighted by molar-refractivity contribution is 5.80. The van der Waals surface area contributed by atoms with Crippen molar-refractivity contribution in [2.45, 2.75) is 5.60 Å². The summed E-state index contributed by atoms with van der Waals surface area (Å²) in [6.07, 6.45) is 0. The Hall–Kier alpha value is -1.55. The second kappa shape index (κ2) is 3.31. The molecule has 0 saturated carbocycles. The minimum Gasteiger partial charge on any atom is -0.478 e. The number of ether oxygens (including phenoxy) is 1. The summed E-state index contributed by atoms with van der Waals surface area (Å²) < 4.78 is 5.44. The molecule has 0 unspecified atom stereocenters. The summed E-state index contributed by atoms with van der Waals surface area (Å²) in [5, 5.41) is 11.9. The predicted octanol–water partition coefficient (Wildman–Crippen LogP) is 0.492. The Kier molecular flexibility index (Phi) is 2.13. The largest absolute Gasteiger partial charge is 0.478 e. The molecule has 2 N–H and O–H groups in total. The standard InChI is InChI=1S/C10H11NO3/c12-9(13)10(6-11-7-10)14-8-4-2-1-3-5-8/h1-5,11H,6-7H2,(H,12,13). The van der Waals surface area contributed by atoms with Crippen molar-refractivity contribution in [1.29, 1.82) is 0 Å². The zero-order valence-corrected chi connectivity index (χ0v) is 7.56. The van der Waals surface area contributed by atoms with Gasteiger partial charge in [-0.1, -0.05) is 18.2 Å². The first-order valence-electron chi connectivity index (χ1n) is 4.41. The van der Waals surface area contributed by atoms with Crippen molar-refractivity contribution in [1.82, 2.24) is 5.32 Å². The number of nitrogens with one attached hydrogen (secondary N) is 1. The van der Waals surface area contributed by atoms with Gasteiger partial charge in [0.05, 0.1) is 0 Å². The molecule has 1 heterocycles. The van der Waals surface area contributed by atoms with E-state index in [-0.39, 0.29) is 0 Å². The van der Waals surface area contributed by atoms with Crippen LogP contribution in [0.2, 0.25) is 0 Å². The van der Waals surface area contributed by atoms with Gasteiger partial charge in [-0.2, -0.15) is 0 Å². The lowest BCUT2D eigenvalue weighted by atomic mass is 9.97. The second-order valence-corrected chi connectivity index (χ2v) is 3.32. The van der Waals surface area contributed by atoms with Crippen LogP contribution < -0.4 is 10.1 Å². The molecule has 14 heavy (non-hydrogen) atoms. The van der Waals surface area contributed by atoms with E-state index in [1.807, 2.05) is 18.2 Å². The van der Waals surface area contributed by atoms with E-state index in [1.54, 1.807) is 12.1 Å². The van der Waals surface area contributed by atoms with E-state index >= 15 is 0 Å². The highest BCUT2D eigenvalue weighted by Crippen LogP contribution is 2.21. The summed E-state index contributed by atoms with van der Waals surface area (Å²) in [6, 6.07) is 9.00. The second-order valence-electron chi connectivity index (χ2n) is 3.32. The Balaban J connectivity index is 2.13. The lowest BCUT2D eigenvalue weighted by Crippen LogP contribution is -2.67. The fourth-order valence-corrected chi connectivity index (χ4v) is 1.33. The summed E-state index contributed by atoms with van der Waals surface area (Å²) in [5.41, 5.74) is -1.07. The van der Waals surface area contributed by atoms with Gasteiger partial charge in [-0.25, -0.2) is 4.79 Å². The number of hydrogen-bond acceptors (Lipinski definition) is 3. The fraction of sp³-hybridized carbons (Fsp3) is 0.300. The van der Waals surface area contributed by atoms with Gasteiger partial charge in [0.2, 0.25) is 5.60 Å². The van der Waals surface area contributed by atoms with Crippen molar-refractivity contribution in [2.24, 2.45) is 0 Å². The van der Waals surface area contributed by atoms with Crippen molar-refractivity contribution in [3.05, 3.63) is 30.3 Å². The van der Waals surface area contributed by atoms with Crippen LogP contribution in [0.1, 0.15) is 0 Å². The summed E-state index contributed by atoms with van der Waals surface area (Å²) in [5.74, 6) is -0.323. The third-order valence-corrected chi connectivity index (χ3v) is 2.27. The van der Waals surface area contributed by atoms with Crippen LogP contribution in [0, 0.1) is 0 Å². The predicted molar refractivity (Wildman–Crippen MR) is 50.3 cm³/mol. The summed E-state index contributed by atoms with van der Waals surface area (Å²) in [6.45, 7) is 0.717. The van der Waals surface area contributed by atoms with Crippen LogP contribution in [0.25, 0.3) is 0 Å². The van der Waals surface area contributed by atoms with Gasteiger partial charge >= 0.3 is 5.97 Å².